The minimum absolute atomic E-state index is 0.0324. The highest BCUT2D eigenvalue weighted by atomic mass is 32.2. The van der Waals surface area contributed by atoms with E-state index >= 15 is 0 Å². The number of carboxylic acid groups (broad SMARTS) is 1. The molecule has 11 nitrogen and oxygen atoms in total. The first-order valence-corrected chi connectivity index (χ1v) is 11.4. The Labute approximate surface area is 184 Å². The van der Waals surface area contributed by atoms with Gasteiger partial charge in [-0.3, -0.25) is 19.2 Å². The fraction of sp³-hybridized carbons (Fsp3) is 0.706. The molecule has 7 N–H and O–H groups in total. The second kappa shape index (κ2) is 12.6. The Balaban J connectivity index is 2.92. The van der Waals surface area contributed by atoms with Gasteiger partial charge in [0.2, 0.25) is 23.6 Å². The molecule has 0 aromatic carbocycles. The van der Waals surface area contributed by atoms with Crippen molar-refractivity contribution in [3.8, 4) is 0 Å². The molecule has 30 heavy (non-hydrogen) atoms. The molecule has 0 aliphatic carbocycles. The number of thioether (sulfide) groups is 1. The molecule has 1 heterocycles. The van der Waals surface area contributed by atoms with Crippen LogP contribution < -0.4 is 22.1 Å². The van der Waals surface area contributed by atoms with Crippen LogP contribution in [0.15, 0.2) is 0 Å². The molecule has 1 aliphatic rings. The first kappa shape index (κ1) is 26.0. The second-order valence-electron chi connectivity index (χ2n) is 6.89. The number of thiol groups is 1. The average molecular weight is 464 g/mol. The van der Waals surface area contributed by atoms with E-state index in [1.165, 1.54) is 16.7 Å². The van der Waals surface area contributed by atoms with Crippen molar-refractivity contribution in [2.24, 2.45) is 11.5 Å². The lowest BCUT2D eigenvalue weighted by Crippen LogP contribution is -2.57. The Morgan fingerprint density at radius 2 is 1.90 bits per heavy atom. The largest absolute Gasteiger partial charge is 0.480 e. The predicted molar refractivity (Wildman–Crippen MR) is 115 cm³/mol. The Morgan fingerprint density at radius 1 is 1.23 bits per heavy atom. The molecule has 1 fully saturated rings. The van der Waals surface area contributed by atoms with Crippen LogP contribution in [-0.4, -0.2) is 88.1 Å². The lowest BCUT2D eigenvalue weighted by Gasteiger charge is -2.29. The quantitative estimate of drug-likeness (QED) is 0.178. The number of rotatable bonds is 12. The zero-order valence-corrected chi connectivity index (χ0v) is 18.4. The van der Waals surface area contributed by atoms with Gasteiger partial charge in [0, 0.05) is 12.3 Å². The van der Waals surface area contributed by atoms with Crippen molar-refractivity contribution in [1.29, 1.82) is 0 Å². The molecular weight excluding hydrogens is 434 g/mol. The number of carbonyl (C=O) groups is 5. The summed E-state index contributed by atoms with van der Waals surface area (Å²) in [6.07, 6.45) is 2.45. The van der Waals surface area contributed by atoms with Gasteiger partial charge in [-0.1, -0.05) is 0 Å². The van der Waals surface area contributed by atoms with Crippen LogP contribution in [0.25, 0.3) is 0 Å². The topological polar surface area (TPSA) is 185 Å². The van der Waals surface area contributed by atoms with Gasteiger partial charge in [0.05, 0.1) is 12.5 Å². The summed E-state index contributed by atoms with van der Waals surface area (Å²) in [4.78, 5) is 61.7. The summed E-state index contributed by atoms with van der Waals surface area (Å²) in [5.41, 5.74) is 10.8. The molecule has 4 unspecified atom stereocenters. The molecule has 4 atom stereocenters. The van der Waals surface area contributed by atoms with E-state index in [-0.39, 0.29) is 18.7 Å². The molecule has 0 saturated carbocycles. The van der Waals surface area contributed by atoms with Crippen LogP contribution in [-0.2, 0) is 24.0 Å². The number of likely N-dealkylation sites (tertiary alicyclic amines) is 1. The Hall–Kier alpha value is -1.99. The van der Waals surface area contributed by atoms with Crippen molar-refractivity contribution < 1.29 is 29.1 Å². The van der Waals surface area contributed by atoms with Gasteiger partial charge in [0.15, 0.2) is 0 Å². The molecule has 0 aromatic heterocycles. The third kappa shape index (κ3) is 7.69. The van der Waals surface area contributed by atoms with Crippen LogP contribution in [0, 0.1) is 0 Å². The second-order valence-corrected chi connectivity index (χ2v) is 8.24. The molecule has 1 saturated heterocycles. The van der Waals surface area contributed by atoms with E-state index in [0.717, 1.165) is 0 Å². The van der Waals surface area contributed by atoms with E-state index in [9.17, 15) is 29.1 Å². The van der Waals surface area contributed by atoms with Crippen molar-refractivity contribution in [2.75, 3.05) is 24.3 Å². The van der Waals surface area contributed by atoms with Gasteiger partial charge in [-0.05, 0) is 31.3 Å². The number of hydrogen-bond acceptors (Lipinski definition) is 8. The standard InChI is InChI=1S/C17H29N5O6S2/c1-30-6-4-10(17(27)28)20-15(25)12-3-2-5-22(12)16(26)11(7-13(19)23)21-14(24)9(18)8-29/h9-12,29H,2-8,18H2,1H3,(H2,19,23)(H,20,25)(H,21,24)(H,27,28). The molecule has 0 radical (unpaired) electrons. The number of nitrogens with one attached hydrogen (secondary N) is 2. The minimum Gasteiger partial charge on any atom is -0.480 e. The van der Waals surface area contributed by atoms with Crippen LogP contribution in [0.1, 0.15) is 25.7 Å². The number of aliphatic carboxylic acids is 1. The average Bonchev–Trinajstić information content (AvgIpc) is 3.18. The number of carbonyl (C=O) groups excluding carboxylic acids is 4. The molecule has 4 amide bonds. The van der Waals surface area contributed by atoms with E-state index in [1.54, 1.807) is 0 Å². The van der Waals surface area contributed by atoms with Crippen LogP contribution in [0.3, 0.4) is 0 Å². The number of amides is 4. The zero-order chi connectivity index (χ0) is 22.8. The van der Waals surface area contributed by atoms with Crippen LogP contribution in [0.4, 0.5) is 0 Å². The molecular formula is C17H29N5O6S2. The normalized spacial score (nSPS) is 18.9. The SMILES string of the molecule is CSCCC(NC(=O)C1CCCN1C(=O)C(CC(N)=O)NC(=O)C(N)CS)C(=O)O. The molecule has 1 aliphatic heterocycles. The van der Waals surface area contributed by atoms with Crippen molar-refractivity contribution in [3.63, 3.8) is 0 Å². The zero-order valence-electron chi connectivity index (χ0n) is 16.7. The molecule has 170 valence electrons. The van der Waals surface area contributed by atoms with Crippen molar-refractivity contribution in [2.45, 2.75) is 49.9 Å². The maximum Gasteiger partial charge on any atom is 0.326 e. The molecule has 1 rings (SSSR count). The van der Waals surface area contributed by atoms with Gasteiger partial charge >= 0.3 is 5.97 Å². The van der Waals surface area contributed by atoms with Gasteiger partial charge in [-0.15, -0.1) is 0 Å². The van der Waals surface area contributed by atoms with E-state index in [0.29, 0.717) is 18.6 Å². The summed E-state index contributed by atoms with van der Waals surface area (Å²) in [5.74, 6) is -3.31. The maximum atomic E-state index is 13.0. The van der Waals surface area contributed by atoms with Crippen molar-refractivity contribution >= 4 is 54.0 Å². The van der Waals surface area contributed by atoms with E-state index in [4.69, 9.17) is 11.5 Å². The van der Waals surface area contributed by atoms with E-state index < -0.39 is 60.2 Å². The molecule has 0 spiro atoms. The van der Waals surface area contributed by atoms with Gasteiger partial charge in [-0.25, -0.2) is 4.79 Å². The number of nitrogens with zero attached hydrogens (tertiary/aromatic N) is 1. The van der Waals surface area contributed by atoms with Gasteiger partial charge in [0.1, 0.15) is 18.1 Å². The summed E-state index contributed by atoms with van der Waals surface area (Å²) >= 11 is 5.38. The highest BCUT2D eigenvalue weighted by molar-refractivity contribution is 7.98. The number of hydrogen-bond donors (Lipinski definition) is 6. The fourth-order valence-electron chi connectivity index (χ4n) is 3.03. The Morgan fingerprint density at radius 3 is 2.43 bits per heavy atom. The molecule has 0 bridgehead atoms. The summed E-state index contributed by atoms with van der Waals surface area (Å²) < 4.78 is 0. The Bertz CT molecular complexity index is 665. The van der Waals surface area contributed by atoms with E-state index in [2.05, 4.69) is 23.3 Å². The Kier molecular flexibility index (Phi) is 11.0. The van der Waals surface area contributed by atoms with Gasteiger partial charge in [0.25, 0.3) is 0 Å². The first-order valence-electron chi connectivity index (χ1n) is 9.40. The van der Waals surface area contributed by atoms with Gasteiger partial charge in [-0.2, -0.15) is 24.4 Å². The first-order chi connectivity index (χ1) is 14.1. The predicted octanol–water partition coefficient (Wildman–Crippen LogP) is -2.08. The number of primary amides is 1. The highest BCUT2D eigenvalue weighted by Gasteiger charge is 2.39. The van der Waals surface area contributed by atoms with Crippen LogP contribution >= 0.6 is 24.4 Å². The summed E-state index contributed by atoms with van der Waals surface area (Å²) in [6, 6.07) is -4.24. The number of carboxylic acids is 1. The lowest BCUT2D eigenvalue weighted by atomic mass is 10.1. The fourth-order valence-corrected chi connectivity index (χ4v) is 3.66. The molecule has 0 aromatic rings. The van der Waals surface area contributed by atoms with Gasteiger partial charge < -0.3 is 32.1 Å². The number of nitrogens with two attached hydrogens (primary N) is 2. The minimum atomic E-state index is -1.28. The van der Waals surface area contributed by atoms with Crippen molar-refractivity contribution in [3.05, 3.63) is 0 Å². The smallest absolute Gasteiger partial charge is 0.326 e. The highest BCUT2D eigenvalue weighted by Crippen LogP contribution is 2.20. The van der Waals surface area contributed by atoms with Crippen molar-refractivity contribution in [1.82, 2.24) is 15.5 Å². The van der Waals surface area contributed by atoms with Crippen LogP contribution in [0.2, 0.25) is 0 Å². The summed E-state index contributed by atoms with van der Waals surface area (Å²) in [6.45, 7) is 0.225. The van der Waals surface area contributed by atoms with E-state index in [1.807, 2.05) is 6.26 Å². The summed E-state index contributed by atoms with van der Waals surface area (Å²) in [5, 5.41) is 14.2. The summed E-state index contributed by atoms with van der Waals surface area (Å²) in [7, 11) is 0. The third-order valence-corrected chi connectivity index (χ3v) is 5.65. The third-order valence-electron chi connectivity index (χ3n) is 4.62. The maximum absolute atomic E-state index is 13.0. The molecule has 13 heteroatoms. The lowest BCUT2D eigenvalue weighted by molar-refractivity contribution is -0.145. The monoisotopic (exact) mass is 463 g/mol. The van der Waals surface area contributed by atoms with Crippen LogP contribution in [0.5, 0.6) is 0 Å².